The molecule has 4 N–H and O–H groups in total. The number of nitrogens with zero attached hydrogens (tertiary/aromatic N) is 2. The van der Waals surface area contributed by atoms with Crippen LogP contribution in [0.2, 0.25) is 0 Å². The largest absolute Gasteiger partial charge is 0.481 e. The Bertz CT molecular complexity index is 755. The van der Waals surface area contributed by atoms with Gasteiger partial charge in [-0.25, -0.2) is 4.39 Å². The average molecular weight is 410 g/mol. The van der Waals surface area contributed by atoms with Crippen LogP contribution in [0.4, 0.5) is 10.1 Å². The average Bonchev–Trinajstić information content (AvgIpc) is 2.64. The van der Waals surface area contributed by atoms with Crippen LogP contribution in [0.5, 0.6) is 0 Å². The van der Waals surface area contributed by atoms with Gasteiger partial charge in [0.25, 0.3) is 0 Å². The maximum absolute atomic E-state index is 13.9. The van der Waals surface area contributed by atoms with Crippen molar-refractivity contribution >= 4 is 17.6 Å². The lowest BCUT2D eigenvalue weighted by atomic mass is 9.92. The molecule has 3 atom stereocenters. The molecule has 8 heteroatoms. The first-order valence-electron chi connectivity index (χ1n) is 9.95. The summed E-state index contributed by atoms with van der Waals surface area (Å²) in [4.78, 5) is 27.5. The SMILES string of the molecule is CC[C@H](C[C@H](O)[C@@H](N)CN1CC(=O)N(c2cccc(F)c2C)CC1(C)C)C(=O)O. The Labute approximate surface area is 171 Å². The number of piperazine rings is 1. The standard InChI is InChI=1S/C21H32FN3O4/c1-5-14(20(28)29)9-18(26)16(23)10-24-11-19(27)25(12-21(24,3)4)17-8-6-7-15(22)13(17)2/h6-8,14,16,18,26H,5,9-12,23H2,1-4H3,(H,28,29)/t14-,16+,18+/m1/s1. The van der Waals surface area contributed by atoms with Gasteiger partial charge in [-0.1, -0.05) is 13.0 Å². The van der Waals surface area contributed by atoms with E-state index in [0.717, 1.165) is 0 Å². The van der Waals surface area contributed by atoms with Crippen LogP contribution in [0.3, 0.4) is 0 Å². The minimum Gasteiger partial charge on any atom is -0.481 e. The molecule has 0 aromatic heterocycles. The van der Waals surface area contributed by atoms with Gasteiger partial charge in [-0.3, -0.25) is 14.5 Å². The molecule has 0 bridgehead atoms. The quantitative estimate of drug-likeness (QED) is 0.604. The fourth-order valence-corrected chi connectivity index (χ4v) is 3.74. The van der Waals surface area contributed by atoms with Gasteiger partial charge in [0.05, 0.1) is 18.6 Å². The summed E-state index contributed by atoms with van der Waals surface area (Å²) in [7, 11) is 0. The first kappa shape index (κ1) is 23.3. The normalized spacial score (nSPS) is 20.4. The van der Waals surface area contributed by atoms with E-state index in [4.69, 9.17) is 5.73 Å². The highest BCUT2D eigenvalue weighted by Crippen LogP contribution is 2.30. The number of rotatable bonds is 8. The van der Waals surface area contributed by atoms with Crippen LogP contribution in [-0.2, 0) is 9.59 Å². The number of amides is 1. The van der Waals surface area contributed by atoms with Gasteiger partial charge in [0.2, 0.25) is 5.91 Å². The van der Waals surface area contributed by atoms with Gasteiger partial charge in [0.15, 0.2) is 0 Å². The highest BCUT2D eigenvalue weighted by molar-refractivity contribution is 5.96. The molecule has 7 nitrogen and oxygen atoms in total. The molecule has 1 aliphatic heterocycles. The van der Waals surface area contributed by atoms with Gasteiger partial charge in [-0.2, -0.15) is 0 Å². The smallest absolute Gasteiger partial charge is 0.306 e. The van der Waals surface area contributed by atoms with E-state index >= 15 is 0 Å². The zero-order chi connectivity index (χ0) is 21.9. The maximum Gasteiger partial charge on any atom is 0.306 e. The summed E-state index contributed by atoms with van der Waals surface area (Å²) >= 11 is 0. The molecule has 1 aromatic rings. The molecular weight excluding hydrogens is 377 g/mol. The lowest BCUT2D eigenvalue weighted by Crippen LogP contribution is -2.64. The van der Waals surface area contributed by atoms with Crippen LogP contribution >= 0.6 is 0 Å². The molecule has 29 heavy (non-hydrogen) atoms. The summed E-state index contributed by atoms with van der Waals surface area (Å²) in [6.45, 7) is 8.03. The van der Waals surface area contributed by atoms with E-state index in [1.54, 1.807) is 30.9 Å². The molecule has 1 aliphatic rings. The Hall–Kier alpha value is -2.03. The van der Waals surface area contributed by atoms with Gasteiger partial charge in [-0.05, 0) is 45.7 Å². The number of carbonyl (C=O) groups excluding carboxylic acids is 1. The van der Waals surface area contributed by atoms with Crippen molar-refractivity contribution in [3.8, 4) is 0 Å². The monoisotopic (exact) mass is 409 g/mol. The van der Waals surface area contributed by atoms with Gasteiger partial charge in [0, 0.05) is 35.9 Å². The van der Waals surface area contributed by atoms with Crippen LogP contribution in [0.1, 0.15) is 39.2 Å². The topological polar surface area (TPSA) is 107 Å². The second kappa shape index (κ2) is 9.19. The number of carboxylic acid groups (broad SMARTS) is 1. The molecular formula is C21H32FN3O4. The fraction of sp³-hybridized carbons (Fsp3) is 0.619. The van der Waals surface area contributed by atoms with Crippen LogP contribution in [0.15, 0.2) is 18.2 Å². The number of carbonyl (C=O) groups is 2. The van der Waals surface area contributed by atoms with E-state index in [1.165, 1.54) is 6.07 Å². The Kier molecular flexibility index (Phi) is 7.37. The third-order valence-electron chi connectivity index (χ3n) is 5.85. The second-order valence-electron chi connectivity index (χ2n) is 8.47. The van der Waals surface area contributed by atoms with E-state index in [1.807, 2.05) is 18.7 Å². The van der Waals surface area contributed by atoms with Crippen LogP contribution in [0, 0.1) is 18.7 Å². The van der Waals surface area contributed by atoms with Gasteiger partial charge in [-0.15, -0.1) is 0 Å². The fourth-order valence-electron chi connectivity index (χ4n) is 3.74. The number of aliphatic hydroxyl groups excluding tert-OH is 1. The molecule has 0 radical (unpaired) electrons. The number of aliphatic hydroxyl groups is 1. The van der Waals surface area contributed by atoms with E-state index in [0.29, 0.717) is 24.2 Å². The third-order valence-corrected chi connectivity index (χ3v) is 5.85. The van der Waals surface area contributed by atoms with Crippen molar-refractivity contribution < 1.29 is 24.2 Å². The highest BCUT2D eigenvalue weighted by atomic mass is 19.1. The predicted molar refractivity (Wildman–Crippen MR) is 109 cm³/mol. The number of anilines is 1. The van der Waals surface area contributed by atoms with Crippen molar-refractivity contribution in [2.24, 2.45) is 11.7 Å². The Morgan fingerprint density at radius 2 is 2.03 bits per heavy atom. The van der Waals surface area contributed by atoms with Crippen LogP contribution in [-0.4, -0.2) is 64.3 Å². The first-order chi connectivity index (χ1) is 13.5. The lowest BCUT2D eigenvalue weighted by molar-refractivity contribution is -0.143. The van der Waals surface area contributed by atoms with Crippen LogP contribution < -0.4 is 10.6 Å². The summed E-state index contributed by atoms with van der Waals surface area (Å²) in [5.74, 6) is -2.13. The van der Waals surface area contributed by atoms with Crippen molar-refractivity contribution in [1.82, 2.24) is 4.90 Å². The summed E-state index contributed by atoms with van der Waals surface area (Å²) < 4.78 is 13.9. The molecule has 0 aliphatic carbocycles. The van der Waals surface area contributed by atoms with E-state index in [2.05, 4.69) is 0 Å². The molecule has 1 aromatic carbocycles. The Balaban J connectivity index is 2.10. The third kappa shape index (κ3) is 5.32. The number of nitrogens with two attached hydrogens (primary N) is 1. The first-order valence-corrected chi connectivity index (χ1v) is 9.95. The number of aliphatic carboxylic acids is 1. The number of halogens is 1. The van der Waals surface area contributed by atoms with E-state index < -0.39 is 29.6 Å². The lowest BCUT2D eigenvalue weighted by Gasteiger charge is -2.48. The molecule has 1 amide bonds. The predicted octanol–water partition coefficient (Wildman–Crippen LogP) is 1.75. The van der Waals surface area contributed by atoms with Crippen molar-refractivity contribution in [3.63, 3.8) is 0 Å². The molecule has 1 fully saturated rings. The van der Waals surface area contributed by atoms with Crippen molar-refractivity contribution in [2.75, 3.05) is 24.5 Å². The maximum atomic E-state index is 13.9. The zero-order valence-electron chi connectivity index (χ0n) is 17.6. The molecule has 0 unspecified atom stereocenters. The van der Waals surface area contributed by atoms with E-state index in [-0.39, 0.29) is 31.2 Å². The second-order valence-corrected chi connectivity index (χ2v) is 8.47. The van der Waals surface area contributed by atoms with Gasteiger partial charge < -0.3 is 20.8 Å². The van der Waals surface area contributed by atoms with Crippen LogP contribution in [0.25, 0.3) is 0 Å². The molecule has 2 rings (SSSR count). The molecule has 1 saturated heterocycles. The molecule has 162 valence electrons. The summed E-state index contributed by atoms with van der Waals surface area (Å²) in [5.41, 5.74) is 6.67. The summed E-state index contributed by atoms with van der Waals surface area (Å²) in [6, 6.07) is 4.00. The molecule has 0 spiro atoms. The number of hydrogen-bond donors (Lipinski definition) is 3. The van der Waals surface area contributed by atoms with Gasteiger partial charge >= 0.3 is 5.97 Å². The summed E-state index contributed by atoms with van der Waals surface area (Å²) in [6.07, 6.45) is -0.496. The highest BCUT2D eigenvalue weighted by Gasteiger charge is 2.40. The van der Waals surface area contributed by atoms with E-state index in [9.17, 15) is 24.2 Å². The number of benzene rings is 1. The minimum atomic E-state index is -0.981. The number of carboxylic acids is 1. The van der Waals surface area contributed by atoms with Crippen molar-refractivity contribution in [3.05, 3.63) is 29.6 Å². The molecule has 0 saturated carbocycles. The van der Waals surface area contributed by atoms with Gasteiger partial charge in [0.1, 0.15) is 5.82 Å². The Morgan fingerprint density at radius 3 is 2.62 bits per heavy atom. The van der Waals surface area contributed by atoms with Crippen molar-refractivity contribution in [2.45, 2.75) is 58.2 Å². The summed E-state index contributed by atoms with van der Waals surface area (Å²) in [5, 5.41) is 19.6. The minimum absolute atomic E-state index is 0.0732. The number of hydrogen-bond acceptors (Lipinski definition) is 5. The molecule has 1 heterocycles. The Morgan fingerprint density at radius 1 is 1.38 bits per heavy atom. The zero-order valence-corrected chi connectivity index (χ0v) is 17.6. The van der Waals surface area contributed by atoms with Crippen molar-refractivity contribution in [1.29, 1.82) is 0 Å².